The molecule has 6 nitrogen and oxygen atoms in total. The number of carbonyl (C=O) groups is 3. The van der Waals surface area contributed by atoms with Crippen molar-refractivity contribution in [3.63, 3.8) is 0 Å². The Kier molecular flexibility index (Phi) is 3.57. The lowest BCUT2D eigenvalue weighted by Crippen LogP contribution is -2.48. The van der Waals surface area contributed by atoms with Crippen LogP contribution in [0.1, 0.15) is 9.67 Å². The van der Waals surface area contributed by atoms with E-state index in [1.54, 1.807) is 30.3 Å². The Morgan fingerprint density at radius 1 is 1.15 bits per heavy atom. The van der Waals surface area contributed by atoms with Crippen LogP contribution < -0.4 is 10.2 Å². The highest BCUT2D eigenvalue weighted by atomic mass is 32.1. The molecule has 27 heavy (non-hydrogen) atoms. The Morgan fingerprint density at radius 2 is 1.96 bits per heavy atom. The van der Waals surface area contributed by atoms with E-state index in [0.29, 0.717) is 10.6 Å². The van der Waals surface area contributed by atoms with E-state index in [2.05, 4.69) is 5.32 Å². The predicted molar refractivity (Wildman–Crippen MR) is 99.3 cm³/mol. The number of benzene rings is 1. The lowest BCUT2D eigenvalue weighted by Gasteiger charge is -2.29. The number of hydrogen-bond acceptors (Lipinski definition) is 5. The molecule has 0 aliphatic carbocycles. The Labute approximate surface area is 159 Å². The summed E-state index contributed by atoms with van der Waals surface area (Å²) in [7, 11) is 0. The third kappa shape index (κ3) is 2.32. The first-order valence-electron chi connectivity index (χ1n) is 8.72. The van der Waals surface area contributed by atoms with Gasteiger partial charge in [-0.25, -0.2) is 4.90 Å². The van der Waals surface area contributed by atoms with Crippen LogP contribution in [0.25, 0.3) is 0 Å². The number of thiophene rings is 1. The quantitative estimate of drug-likeness (QED) is 0.650. The summed E-state index contributed by atoms with van der Waals surface area (Å²) >= 11 is 1.35. The molecule has 2 fully saturated rings. The van der Waals surface area contributed by atoms with Crippen LogP contribution >= 0.6 is 11.3 Å². The first kappa shape index (κ1) is 16.4. The summed E-state index contributed by atoms with van der Waals surface area (Å²) < 4.78 is 6.03. The number of imide groups is 1. The lowest BCUT2D eigenvalue weighted by atomic mass is 9.77. The maximum atomic E-state index is 13.1. The van der Waals surface area contributed by atoms with Gasteiger partial charge in [0.05, 0.1) is 35.0 Å². The van der Waals surface area contributed by atoms with Crippen LogP contribution in [-0.4, -0.2) is 36.0 Å². The van der Waals surface area contributed by atoms with Crippen molar-refractivity contribution in [2.24, 2.45) is 11.8 Å². The van der Waals surface area contributed by atoms with Crippen LogP contribution in [0.3, 0.4) is 0 Å². The minimum atomic E-state index is -0.974. The standard InChI is InChI=1S/C20H16N2O4S/c23-17(14-7-4-10-27-14)21-11-20-9-8-13(26-20)15-16(20)19(25)22(18(15)24)12-5-2-1-3-6-12/h1-10,13,15-16H,11H2,(H,21,23)/t13-,15-,16-,20+/m0/s1. The number of nitrogens with zero attached hydrogens (tertiary/aromatic N) is 1. The van der Waals surface area contributed by atoms with Crippen molar-refractivity contribution in [3.05, 3.63) is 64.9 Å². The number of ether oxygens (including phenoxy) is 1. The zero-order valence-electron chi connectivity index (χ0n) is 14.2. The maximum Gasteiger partial charge on any atom is 0.261 e. The van der Waals surface area contributed by atoms with E-state index in [0.717, 1.165) is 0 Å². The van der Waals surface area contributed by atoms with E-state index >= 15 is 0 Å². The van der Waals surface area contributed by atoms with Gasteiger partial charge in [0.25, 0.3) is 5.91 Å². The average Bonchev–Trinajstić information content (AvgIpc) is 3.44. The number of rotatable bonds is 4. The molecule has 3 amide bonds. The molecule has 136 valence electrons. The summed E-state index contributed by atoms with van der Waals surface area (Å²) in [4.78, 5) is 40.3. The van der Waals surface area contributed by atoms with Gasteiger partial charge in [-0.05, 0) is 23.6 Å². The number of amides is 3. The fourth-order valence-electron chi connectivity index (χ4n) is 4.25. The van der Waals surface area contributed by atoms with Gasteiger partial charge in [0.15, 0.2) is 0 Å². The van der Waals surface area contributed by atoms with Gasteiger partial charge in [-0.15, -0.1) is 11.3 Å². The molecule has 0 unspecified atom stereocenters. The van der Waals surface area contributed by atoms with E-state index in [1.807, 2.05) is 29.7 Å². The minimum absolute atomic E-state index is 0.152. The van der Waals surface area contributed by atoms with Gasteiger partial charge in [-0.1, -0.05) is 36.4 Å². The molecule has 2 aromatic rings. The van der Waals surface area contributed by atoms with Crippen LogP contribution in [0.2, 0.25) is 0 Å². The molecule has 1 aromatic heterocycles. The van der Waals surface area contributed by atoms with Crippen LogP contribution in [0.4, 0.5) is 5.69 Å². The highest BCUT2D eigenvalue weighted by Gasteiger charge is 2.67. The highest BCUT2D eigenvalue weighted by Crippen LogP contribution is 2.52. The van der Waals surface area contributed by atoms with Crippen LogP contribution in [-0.2, 0) is 14.3 Å². The molecule has 3 aliphatic rings. The summed E-state index contributed by atoms with van der Waals surface area (Å²) in [5.41, 5.74) is -0.405. The van der Waals surface area contributed by atoms with E-state index in [-0.39, 0.29) is 24.3 Å². The van der Waals surface area contributed by atoms with Gasteiger partial charge in [0.2, 0.25) is 11.8 Å². The van der Waals surface area contributed by atoms with Crippen molar-refractivity contribution in [2.75, 3.05) is 11.4 Å². The second-order valence-electron chi connectivity index (χ2n) is 6.91. The molecule has 0 spiro atoms. The fourth-order valence-corrected chi connectivity index (χ4v) is 4.89. The second-order valence-corrected chi connectivity index (χ2v) is 7.86. The molecule has 2 saturated heterocycles. The molecule has 7 heteroatoms. The van der Waals surface area contributed by atoms with Crippen molar-refractivity contribution < 1.29 is 19.1 Å². The van der Waals surface area contributed by atoms with Gasteiger partial charge in [-0.2, -0.15) is 0 Å². The topological polar surface area (TPSA) is 75.7 Å². The zero-order valence-corrected chi connectivity index (χ0v) is 15.0. The highest BCUT2D eigenvalue weighted by molar-refractivity contribution is 7.12. The van der Waals surface area contributed by atoms with E-state index < -0.39 is 23.5 Å². The summed E-state index contributed by atoms with van der Waals surface area (Å²) in [6.07, 6.45) is 3.23. The normalized spacial score (nSPS) is 30.8. The Balaban J connectivity index is 1.42. The van der Waals surface area contributed by atoms with E-state index in [9.17, 15) is 14.4 Å². The zero-order chi connectivity index (χ0) is 18.6. The Hall–Kier alpha value is -2.77. The maximum absolute atomic E-state index is 13.1. The first-order chi connectivity index (χ1) is 13.1. The van der Waals surface area contributed by atoms with Crippen molar-refractivity contribution in [1.82, 2.24) is 5.32 Å². The molecule has 1 aromatic carbocycles. The second kappa shape index (κ2) is 5.87. The van der Waals surface area contributed by atoms with E-state index in [4.69, 9.17) is 4.74 Å². The number of anilines is 1. The molecule has 5 rings (SSSR count). The Bertz CT molecular complexity index is 956. The van der Waals surface area contributed by atoms with Crippen LogP contribution in [0.5, 0.6) is 0 Å². The van der Waals surface area contributed by atoms with Crippen LogP contribution in [0, 0.1) is 11.8 Å². The smallest absolute Gasteiger partial charge is 0.261 e. The number of nitrogens with one attached hydrogen (secondary N) is 1. The molecule has 4 atom stereocenters. The van der Waals surface area contributed by atoms with E-state index in [1.165, 1.54) is 16.2 Å². The predicted octanol–water partition coefficient (Wildman–Crippen LogP) is 1.99. The molecule has 0 saturated carbocycles. The summed E-state index contributed by atoms with van der Waals surface area (Å²) in [5.74, 6) is -1.88. The van der Waals surface area contributed by atoms with Crippen molar-refractivity contribution in [1.29, 1.82) is 0 Å². The molecule has 0 radical (unpaired) electrons. The van der Waals surface area contributed by atoms with Gasteiger partial charge < -0.3 is 10.1 Å². The number of hydrogen-bond donors (Lipinski definition) is 1. The monoisotopic (exact) mass is 380 g/mol. The molecule has 1 N–H and O–H groups in total. The van der Waals surface area contributed by atoms with Crippen LogP contribution in [0.15, 0.2) is 60.0 Å². The van der Waals surface area contributed by atoms with Gasteiger partial charge >= 0.3 is 0 Å². The number of fused-ring (bicyclic) bond motifs is 5. The van der Waals surface area contributed by atoms with Gasteiger partial charge in [0.1, 0.15) is 5.60 Å². The molecular weight excluding hydrogens is 364 g/mol. The number of carbonyl (C=O) groups excluding carboxylic acids is 3. The Morgan fingerprint density at radius 3 is 2.70 bits per heavy atom. The third-order valence-corrected chi connectivity index (χ3v) is 6.31. The largest absolute Gasteiger partial charge is 0.360 e. The van der Waals surface area contributed by atoms with Gasteiger partial charge in [0, 0.05) is 0 Å². The molecule has 3 aliphatic heterocycles. The first-order valence-corrected chi connectivity index (χ1v) is 9.60. The summed E-state index contributed by atoms with van der Waals surface area (Å²) in [6, 6.07) is 12.5. The number of para-hydroxylation sites is 1. The molecule has 2 bridgehead atoms. The summed E-state index contributed by atoms with van der Waals surface area (Å²) in [5, 5.41) is 4.69. The van der Waals surface area contributed by atoms with Crippen molar-refractivity contribution in [2.45, 2.75) is 11.7 Å². The summed E-state index contributed by atoms with van der Waals surface area (Å²) in [6.45, 7) is 0.152. The van der Waals surface area contributed by atoms with Gasteiger partial charge in [-0.3, -0.25) is 14.4 Å². The lowest BCUT2D eigenvalue weighted by molar-refractivity contribution is -0.126. The van der Waals surface area contributed by atoms with Crippen molar-refractivity contribution >= 4 is 34.7 Å². The van der Waals surface area contributed by atoms with Crippen molar-refractivity contribution in [3.8, 4) is 0 Å². The molecule has 4 heterocycles. The third-order valence-electron chi connectivity index (χ3n) is 5.44. The molecular formula is C20H16N2O4S. The fraction of sp³-hybridized carbons (Fsp3) is 0.250. The SMILES string of the molecule is O=C(NC[C@@]12C=C[C@H](O1)[C@@H]1C(=O)N(c3ccccc3)C(=O)[C@H]12)c1cccs1. The minimum Gasteiger partial charge on any atom is -0.360 e. The average molecular weight is 380 g/mol.